The number of unbranched alkanes of at least 4 members (excludes halogenated alkanes) is 2. The fourth-order valence-electron chi connectivity index (χ4n) is 9.16. The van der Waals surface area contributed by atoms with Crippen LogP contribution in [0.15, 0.2) is 140 Å². The molecule has 1 heterocycles. The summed E-state index contributed by atoms with van der Waals surface area (Å²) in [6, 6.07) is 50.4. The molecule has 79 heavy (non-hydrogen) atoms. The summed E-state index contributed by atoms with van der Waals surface area (Å²) in [5.74, 6) is 3.18. The Hall–Kier alpha value is -4.95. The van der Waals surface area contributed by atoms with E-state index in [2.05, 4.69) is 205 Å². The van der Waals surface area contributed by atoms with Crippen molar-refractivity contribution in [2.75, 3.05) is 68.6 Å². The molecule has 1 aliphatic heterocycles. The third-order valence-electron chi connectivity index (χ3n) is 14.5. The van der Waals surface area contributed by atoms with Gasteiger partial charge in [0.25, 0.3) is 0 Å². The number of benzene rings is 6. The predicted molar refractivity (Wildman–Crippen MR) is 348 cm³/mol. The van der Waals surface area contributed by atoms with E-state index in [1.807, 2.05) is 52.3 Å². The molecule has 0 spiro atoms. The summed E-state index contributed by atoms with van der Waals surface area (Å²) in [6.07, 6.45) is 14.9. The minimum absolute atomic E-state index is 0.271. The molecule has 6 aromatic rings. The van der Waals surface area contributed by atoms with Gasteiger partial charge in [-0.1, -0.05) is 211 Å². The van der Waals surface area contributed by atoms with Crippen molar-refractivity contribution >= 4 is 11.6 Å². The molecule has 0 bridgehead atoms. The fourth-order valence-corrected chi connectivity index (χ4v) is 9.28. The molecule has 7 rings (SSSR count). The molecule has 0 aromatic heterocycles. The Kier molecular flexibility index (Phi) is 36.5. The van der Waals surface area contributed by atoms with E-state index in [-0.39, 0.29) is 5.41 Å². The second-order valence-electron chi connectivity index (χ2n) is 22.8. The van der Waals surface area contributed by atoms with Gasteiger partial charge in [0, 0.05) is 11.1 Å². The lowest BCUT2D eigenvalue weighted by atomic mass is 9.86. The Morgan fingerprint density at radius 2 is 1.10 bits per heavy atom. The summed E-state index contributed by atoms with van der Waals surface area (Å²) < 4.78 is 10.4. The van der Waals surface area contributed by atoms with Gasteiger partial charge < -0.3 is 30.3 Å². The number of hydrogen-bond acceptors (Lipinski definition) is 6. The molecule has 1 aliphatic rings. The predicted octanol–water partition coefficient (Wildman–Crippen LogP) is 17.2. The highest BCUT2D eigenvalue weighted by Crippen LogP contribution is 2.29. The Labute approximate surface area is 489 Å². The molecule has 7 heteroatoms. The average Bonchev–Trinajstić information content (AvgIpc) is 3.45. The van der Waals surface area contributed by atoms with Crippen LogP contribution in [0.5, 0.6) is 11.5 Å². The van der Waals surface area contributed by atoms with Crippen LogP contribution in [-0.4, -0.2) is 79.5 Å². The van der Waals surface area contributed by atoms with Crippen LogP contribution in [-0.2, 0) is 37.5 Å². The maximum Gasteiger partial charge on any atom is 0.160 e. The van der Waals surface area contributed by atoms with Crippen molar-refractivity contribution in [2.45, 2.75) is 164 Å². The van der Waals surface area contributed by atoms with Gasteiger partial charge in [-0.2, -0.15) is 0 Å². The summed E-state index contributed by atoms with van der Waals surface area (Å²) in [5, 5.41) is 10.3. The highest BCUT2D eigenvalue weighted by atomic mass is 35.5. The number of nitrogens with zero attached hydrogens (tertiary/aromatic N) is 1. The molecule has 0 saturated carbocycles. The summed E-state index contributed by atoms with van der Waals surface area (Å²) in [6.45, 7) is 26.6. The zero-order valence-corrected chi connectivity index (χ0v) is 53.2. The first kappa shape index (κ1) is 70.2. The van der Waals surface area contributed by atoms with Crippen LogP contribution in [0.1, 0.15) is 155 Å². The summed E-state index contributed by atoms with van der Waals surface area (Å²) in [7, 11) is 11.4. The van der Waals surface area contributed by atoms with Crippen LogP contribution in [0.4, 0.5) is 0 Å². The molecule has 2 unspecified atom stereocenters. The highest BCUT2D eigenvalue weighted by molar-refractivity contribution is 6.31. The zero-order valence-electron chi connectivity index (χ0n) is 52.5. The van der Waals surface area contributed by atoms with Crippen LogP contribution in [0.3, 0.4) is 0 Å². The number of ether oxygens (including phenoxy) is 2. The molecule has 1 fully saturated rings. The fraction of sp³-hybridized carbons (Fsp3) is 0.500. The lowest BCUT2D eigenvalue weighted by Gasteiger charge is -2.29. The quantitative estimate of drug-likeness (QED) is 0.0663. The largest absolute Gasteiger partial charge is 0.493 e. The second kappa shape index (κ2) is 41.1. The van der Waals surface area contributed by atoms with Gasteiger partial charge in [-0.05, 0) is 213 Å². The number of aryl methyl sites for hydroxylation is 4. The van der Waals surface area contributed by atoms with Gasteiger partial charge >= 0.3 is 0 Å². The standard InChI is InChI=1S/C16H26.C13H19N.C12H18.C11H17NO2.C10H14ClN.C10H15N/c1-6-7-13(2)12-14-8-10-15(11-9-14)16(3,4)5;1-11-3-5-12(6-4-11)13-7-9-14(2)10-8-13;1-3-4-5-6-12-9-7-11(2)8-10-12;1-12-7-6-9-4-5-10(13-2)11(8-9)14-3;1-8-7-9(5-6-12-2)3-4-10(8)11;1-9(11-2)8-10-6-4-3-5-7-10/h8-11,13H,6-7,12H2,1-5H3;3-6,13H,7-10H2,1-2H3;7-10H,3-6H2,1-2H3;4-5,8,12H,6-7H2,1-3H3;3-4,7,12H,5-6H2,1-2H3;3-7,9,11H,8H2,1-2H3. The molecule has 2 atom stereocenters. The number of nitrogens with one attached hydrogen (secondary N) is 3. The van der Waals surface area contributed by atoms with Gasteiger partial charge in [0.15, 0.2) is 11.5 Å². The number of hydrogen-bond donors (Lipinski definition) is 3. The van der Waals surface area contributed by atoms with Crippen LogP contribution in [0.2, 0.25) is 5.02 Å². The number of halogens is 1. The van der Waals surface area contributed by atoms with E-state index in [4.69, 9.17) is 21.1 Å². The van der Waals surface area contributed by atoms with E-state index in [1.54, 1.807) is 14.2 Å². The molecule has 6 aromatic carbocycles. The van der Waals surface area contributed by atoms with Crippen molar-refractivity contribution in [1.82, 2.24) is 20.9 Å². The molecule has 0 radical (unpaired) electrons. The van der Waals surface area contributed by atoms with Crippen LogP contribution in [0, 0.1) is 26.7 Å². The maximum atomic E-state index is 5.90. The average molecular weight is 1100 g/mol. The maximum absolute atomic E-state index is 5.90. The Bertz CT molecular complexity index is 2430. The minimum atomic E-state index is 0.271. The Morgan fingerprint density at radius 1 is 0.582 bits per heavy atom. The highest BCUT2D eigenvalue weighted by Gasteiger charge is 2.18. The van der Waals surface area contributed by atoms with E-state index in [1.165, 1.54) is 121 Å². The number of piperidine rings is 1. The van der Waals surface area contributed by atoms with Crippen LogP contribution >= 0.6 is 11.6 Å². The van der Waals surface area contributed by atoms with E-state index in [0.717, 1.165) is 66.3 Å². The first-order chi connectivity index (χ1) is 37.9. The Morgan fingerprint density at radius 3 is 1.61 bits per heavy atom. The summed E-state index contributed by atoms with van der Waals surface area (Å²) in [4.78, 5) is 2.42. The van der Waals surface area contributed by atoms with Crippen molar-refractivity contribution in [3.8, 4) is 11.5 Å². The lowest BCUT2D eigenvalue weighted by Crippen LogP contribution is -2.29. The monoisotopic (exact) mass is 1100 g/mol. The lowest BCUT2D eigenvalue weighted by molar-refractivity contribution is 0.255. The second-order valence-corrected chi connectivity index (χ2v) is 23.2. The van der Waals surface area contributed by atoms with Gasteiger partial charge in [-0.3, -0.25) is 0 Å². The van der Waals surface area contributed by atoms with Crippen molar-refractivity contribution in [1.29, 1.82) is 0 Å². The third kappa shape index (κ3) is 31.0. The van der Waals surface area contributed by atoms with Crippen molar-refractivity contribution in [3.05, 3.63) is 200 Å². The molecular formula is C72H109ClN4O2. The third-order valence-corrected chi connectivity index (χ3v) is 14.9. The van der Waals surface area contributed by atoms with E-state index in [0.29, 0.717) is 6.04 Å². The van der Waals surface area contributed by atoms with Gasteiger partial charge in [-0.25, -0.2) is 0 Å². The zero-order chi connectivity index (χ0) is 58.4. The minimum Gasteiger partial charge on any atom is -0.493 e. The number of methoxy groups -OCH3 is 2. The summed E-state index contributed by atoms with van der Waals surface area (Å²) in [5.41, 5.74) is 14.1. The van der Waals surface area contributed by atoms with Crippen LogP contribution < -0.4 is 25.4 Å². The van der Waals surface area contributed by atoms with Gasteiger partial charge in [0.1, 0.15) is 0 Å². The molecule has 3 N–H and O–H groups in total. The smallest absolute Gasteiger partial charge is 0.160 e. The van der Waals surface area contributed by atoms with E-state index < -0.39 is 0 Å². The SMILES string of the molecule is CCCC(C)Cc1ccc(C(C)(C)C)cc1.CCCCCc1ccc(C)cc1.CNC(C)Cc1ccccc1.CNCCc1ccc(Cl)c(C)c1.CNCCc1ccc(OC)c(OC)c1.Cc1ccc(C2CCN(C)CC2)cc1. The van der Waals surface area contributed by atoms with Crippen LogP contribution in [0.25, 0.3) is 0 Å². The summed E-state index contributed by atoms with van der Waals surface area (Å²) >= 11 is 5.90. The molecule has 0 aliphatic carbocycles. The van der Waals surface area contributed by atoms with E-state index in [9.17, 15) is 0 Å². The number of rotatable bonds is 20. The molecule has 436 valence electrons. The first-order valence-electron chi connectivity index (χ1n) is 29.8. The Balaban J connectivity index is 0.000000325. The van der Waals surface area contributed by atoms with Crippen molar-refractivity contribution in [3.63, 3.8) is 0 Å². The topological polar surface area (TPSA) is 57.8 Å². The number of likely N-dealkylation sites (N-methyl/N-ethyl adjacent to an activating group) is 3. The van der Waals surface area contributed by atoms with Crippen molar-refractivity contribution < 1.29 is 9.47 Å². The molecule has 0 amide bonds. The van der Waals surface area contributed by atoms with Gasteiger partial charge in [0.05, 0.1) is 14.2 Å². The normalized spacial score (nSPS) is 13.0. The molecular weight excluding hydrogens is 988 g/mol. The van der Waals surface area contributed by atoms with Crippen molar-refractivity contribution in [2.24, 2.45) is 5.92 Å². The first-order valence-corrected chi connectivity index (χ1v) is 30.1. The van der Waals surface area contributed by atoms with Gasteiger partial charge in [0.2, 0.25) is 0 Å². The molecule has 1 saturated heterocycles. The molecule has 6 nitrogen and oxygen atoms in total. The number of likely N-dealkylation sites (tertiary alicyclic amines) is 1. The van der Waals surface area contributed by atoms with E-state index >= 15 is 0 Å². The van der Waals surface area contributed by atoms with Gasteiger partial charge in [-0.15, -0.1) is 0 Å².